The van der Waals surface area contributed by atoms with E-state index in [4.69, 9.17) is 9.84 Å². The molecule has 0 spiro atoms. The van der Waals surface area contributed by atoms with E-state index in [1.165, 1.54) is 11.8 Å². The number of carboxylic acids is 1. The Morgan fingerprint density at radius 3 is 2.69 bits per heavy atom. The van der Waals surface area contributed by atoms with Crippen LogP contribution in [-0.2, 0) is 14.3 Å². The van der Waals surface area contributed by atoms with Crippen molar-refractivity contribution in [3.63, 3.8) is 0 Å². The van der Waals surface area contributed by atoms with Crippen molar-refractivity contribution in [3.05, 3.63) is 0 Å². The maximum absolute atomic E-state index is 11.3. The predicted molar refractivity (Wildman–Crippen MR) is 63.7 cm³/mol. The monoisotopic (exact) mass is 249 g/mol. The van der Waals surface area contributed by atoms with Gasteiger partial charge in [-0.1, -0.05) is 0 Å². The minimum absolute atomic E-state index is 0.0341. The number of carbonyl (C=O) groups excluding carboxylic acids is 1. The standard InChI is InChI=1S/C10H19NO4S/c1-8(15-2)7-9(12)11-4-6-16-5-3-10(13)14/h8H,3-7H2,1-2H3,(H,11,12)(H,13,14). The summed E-state index contributed by atoms with van der Waals surface area (Å²) >= 11 is 1.52. The lowest BCUT2D eigenvalue weighted by atomic mass is 10.3. The molecule has 0 aliphatic heterocycles. The molecule has 1 amide bonds. The van der Waals surface area contributed by atoms with Gasteiger partial charge in [0.05, 0.1) is 18.9 Å². The van der Waals surface area contributed by atoms with Gasteiger partial charge in [-0.25, -0.2) is 0 Å². The fourth-order valence-corrected chi connectivity index (χ4v) is 1.71. The lowest BCUT2D eigenvalue weighted by molar-refractivity contribution is -0.136. The average molecular weight is 249 g/mol. The molecule has 6 heteroatoms. The Morgan fingerprint density at radius 2 is 2.12 bits per heavy atom. The average Bonchev–Trinajstić information content (AvgIpc) is 2.22. The van der Waals surface area contributed by atoms with Crippen LogP contribution in [-0.4, -0.2) is 48.2 Å². The third-order valence-corrected chi connectivity index (χ3v) is 2.89. The van der Waals surface area contributed by atoms with Gasteiger partial charge in [-0.2, -0.15) is 11.8 Å². The molecule has 1 unspecified atom stereocenters. The van der Waals surface area contributed by atoms with E-state index >= 15 is 0 Å². The smallest absolute Gasteiger partial charge is 0.304 e. The molecule has 0 aromatic heterocycles. The lowest BCUT2D eigenvalue weighted by Crippen LogP contribution is -2.29. The van der Waals surface area contributed by atoms with E-state index in [0.717, 1.165) is 5.75 Å². The minimum Gasteiger partial charge on any atom is -0.481 e. The molecular weight excluding hydrogens is 230 g/mol. The van der Waals surface area contributed by atoms with Crippen molar-refractivity contribution < 1.29 is 19.4 Å². The summed E-state index contributed by atoms with van der Waals surface area (Å²) in [5.41, 5.74) is 0. The van der Waals surface area contributed by atoms with Crippen molar-refractivity contribution in [3.8, 4) is 0 Å². The third-order valence-electron chi connectivity index (χ3n) is 1.90. The number of hydrogen-bond acceptors (Lipinski definition) is 4. The predicted octanol–water partition coefficient (Wildman–Crippen LogP) is 0.735. The molecule has 16 heavy (non-hydrogen) atoms. The van der Waals surface area contributed by atoms with Gasteiger partial charge in [0.15, 0.2) is 0 Å². The van der Waals surface area contributed by atoms with E-state index in [1.54, 1.807) is 7.11 Å². The van der Waals surface area contributed by atoms with Crippen molar-refractivity contribution in [1.82, 2.24) is 5.32 Å². The highest BCUT2D eigenvalue weighted by atomic mass is 32.2. The van der Waals surface area contributed by atoms with Gasteiger partial charge in [-0.05, 0) is 6.92 Å². The molecule has 0 heterocycles. The van der Waals surface area contributed by atoms with E-state index in [0.29, 0.717) is 18.7 Å². The normalized spacial score (nSPS) is 12.1. The number of rotatable bonds is 9. The van der Waals surface area contributed by atoms with Crippen LogP contribution in [0, 0.1) is 0 Å². The molecule has 0 aliphatic carbocycles. The number of carboxylic acid groups (broad SMARTS) is 1. The number of amides is 1. The Kier molecular flexibility index (Phi) is 9.03. The molecule has 0 aliphatic rings. The molecule has 5 nitrogen and oxygen atoms in total. The summed E-state index contributed by atoms with van der Waals surface area (Å²) in [7, 11) is 1.57. The van der Waals surface area contributed by atoms with Gasteiger partial charge in [0.25, 0.3) is 0 Å². The Labute approximate surface area is 99.9 Å². The Morgan fingerprint density at radius 1 is 1.44 bits per heavy atom. The molecule has 0 fully saturated rings. The summed E-state index contributed by atoms with van der Waals surface area (Å²) in [5, 5.41) is 11.1. The van der Waals surface area contributed by atoms with Crippen molar-refractivity contribution in [2.24, 2.45) is 0 Å². The Hall–Kier alpha value is -0.750. The van der Waals surface area contributed by atoms with E-state index in [-0.39, 0.29) is 18.4 Å². The number of nitrogens with one attached hydrogen (secondary N) is 1. The first-order chi connectivity index (χ1) is 7.56. The molecule has 2 N–H and O–H groups in total. The summed E-state index contributed by atoms with van der Waals surface area (Å²) in [4.78, 5) is 21.5. The Bertz CT molecular complexity index is 223. The van der Waals surface area contributed by atoms with Crippen molar-refractivity contribution >= 4 is 23.6 Å². The van der Waals surface area contributed by atoms with Gasteiger partial charge in [-0.15, -0.1) is 0 Å². The van der Waals surface area contributed by atoms with Crippen molar-refractivity contribution in [2.45, 2.75) is 25.9 Å². The largest absolute Gasteiger partial charge is 0.481 e. The van der Waals surface area contributed by atoms with Crippen molar-refractivity contribution in [1.29, 1.82) is 0 Å². The van der Waals surface area contributed by atoms with Crippen molar-refractivity contribution in [2.75, 3.05) is 25.2 Å². The highest BCUT2D eigenvalue weighted by Crippen LogP contribution is 2.01. The fourth-order valence-electron chi connectivity index (χ4n) is 0.941. The zero-order valence-corrected chi connectivity index (χ0v) is 10.5. The molecule has 1 atom stereocenters. The van der Waals surface area contributed by atoms with E-state index in [9.17, 15) is 9.59 Å². The number of hydrogen-bond donors (Lipinski definition) is 2. The molecule has 0 aromatic carbocycles. The number of aliphatic carboxylic acids is 1. The van der Waals surface area contributed by atoms with Gasteiger partial charge in [0.2, 0.25) is 5.91 Å². The lowest BCUT2D eigenvalue weighted by Gasteiger charge is -2.09. The molecule has 94 valence electrons. The summed E-state index contributed by atoms with van der Waals surface area (Å²) < 4.78 is 4.96. The minimum atomic E-state index is -0.787. The molecule has 0 saturated carbocycles. The van der Waals surface area contributed by atoms with Gasteiger partial charge in [-0.3, -0.25) is 9.59 Å². The molecule has 0 saturated heterocycles. The molecule has 0 aromatic rings. The van der Waals surface area contributed by atoms with Gasteiger partial charge in [0, 0.05) is 25.2 Å². The molecule has 0 bridgehead atoms. The van der Waals surface area contributed by atoms with Crippen LogP contribution in [0.2, 0.25) is 0 Å². The highest BCUT2D eigenvalue weighted by Gasteiger charge is 2.06. The van der Waals surface area contributed by atoms with E-state index in [1.807, 2.05) is 6.92 Å². The summed E-state index contributed by atoms with van der Waals surface area (Å²) in [6.07, 6.45) is 0.454. The number of methoxy groups -OCH3 is 1. The molecule has 0 rings (SSSR count). The van der Waals surface area contributed by atoms with Crippen LogP contribution in [0.1, 0.15) is 19.8 Å². The van der Waals surface area contributed by atoms with Gasteiger partial charge >= 0.3 is 5.97 Å². The summed E-state index contributed by atoms with van der Waals surface area (Å²) in [6.45, 7) is 2.40. The fraction of sp³-hybridized carbons (Fsp3) is 0.800. The third kappa shape index (κ3) is 9.79. The maximum Gasteiger partial charge on any atom is 0.304 e. The SMILES string of the molecule is COC(C)CC(=O)NCCSCCC(=O)O. The summed E-state index contributed by atoms with van der Waals surface area (Å²) in [6, 6.07) is 0. The summed E-state index contributed by atoms with van der Waals surface area (Å²) in [5.74, 6) is 0.499. The second-order valence-electron chi connectivity index (χ2n) is 3.36. The number of ether oxygens (including phenoxy) is 1. The van der Waals surface area contributed by atoms with Crippen LogP contribution in [0.25, 0.3) is 0 Å². The first-order valence-electron chi connectivity index (χ1n) is 5.15. The van der Waals surface area contributed by atoms with Gasteiger partial charge in [0.1, 0.15) is 0 Å². The quantitative estimate of drug-likeness (QED) is 0.589. The zero-order valence-electron chi connectivity index (χ0n) is 9.69. The second kappa shape index (κ2) is 9.47. The van der Waals surface area contributed by atoms with Crippen LogP contribution in [0.3, 0.4) is 0 Å². The Balaban J connectivity index is 3.31. The maximum atomic E-state index is 11.3. The highest BCUT2D eigenvalue weighted by molar-refractivity contribution is 7.99. The molecule has 0 radical (unpaired) electrons. The van der Waals surface area contributed by atoms with Gasteiger partial charge < -0.3 is 15.2 Å². The van der Waals surface area contributed by atoms with Crippen LogP contribution in [0.4, 0.5) is 0 Å². The number of carbonyl (C=O) groups is 2. The second-order valence-corrected chi connectivity index (χ2v) is 4.58. The number of thioether (sulfide) groups is 1. The van der Waals surface area contributed by atoms with Crippen LogP contribution in [0.5, 0.6) is 0 Å². The first-order valence-corrected chi connectivity index (χ1v) is 6.30. The zero-order chi connectivity index (χ0) is 12.4. The first kappa shape index (κ1) is 15.2. The topological polar surface area (TPSA) is 75.6 Å². The van der Waals surface area contributed by atoms with Crippen LogP contribution in [0.15, 0.2) is 0 Å². The molecular formula is C10H19NO4S. The van der Waals surface area contributed by atoms with Crippen LogP contribution < -0.4 is 5.32 Å². The van der Waals surface area contributed by atoms with Crippen LogP contribution >= 0.6 is 11.8 Å². The van der Waals surface area contributed by atoms with E-state index < -0.39 is 5.97 Å². The van der Waals surface area contributed by atoms with E-state index in [2.05, 4.69) is 5.32 Å².